The second-order valence-electron chi connectivity index (χ2n) is 9.30. The van der Waals surface area contributed by atoms with Gasteiger partial charge in [0.15, 0.2) is 8.32 Å². The van der Waals surface area contributed by atoms with Crippen molar-refractivity contribution in [1.29, 1.82) is 0 Å². The van der Waals surface area contributed by atoms with Gasteiger partial charge in [-0.3, -0.25) is 0 Å². The van der Waals surface area contributed by atoms with Crippen molar-refractivity contribution in [3.63, 3.8) is 0 Å². The molecule has 3 atom stereocenters. The predicted molar refractivity (Wildman–Crippen MR) is 131 cm³/mol. The second kappa shape index (κ2) is 11.1. The topological polar surface area (TPSA) is 27.7 Å². The lowest BCUT2D eigenvalue weighted by molar-refractivity contribution is 0.0194. The molecule has 3 nitrogen and oxygen atoms in total. The summed E-state index contributed by atoms with van der Waals surface area (Å²) in [5.74, 6) is 1.54. The third-order valence-electron chi connectivity index (χ3n) is 5.62. The van der Waals surface area contributed by atoms with Crippen molar-refractivity contribution < 1.29 is 13.9 Å². The van der Waals surface area contributed by atoms with Crippen LogP contribution in [0.25, 0.3) is 0 Å². The zero-order chi connectivity index (χ0) is 21.5. The summed E-state index contributed by atoms with van der Waals surface area (Å²) in [6.45, 7) is 19.5. The van der Waals surface area contributed by atoms with Crippen LogP contribution in [0.15, 0.2) is 33.9 Å². The molecule has 5 heteroatoms. The first-order valence-corrected chi connectivity index (χ1v) is 14.1. The molecule has 160 valence electrons. The van der Waals surface area contributed by atoms with Crippen LogP contribution >= 0.6 is 22.6 Å². The van der Waals surface area contributed by atoms with Gasteiger partial charge in [0.25, 0.3) is 0 Å². The number of allylic oxidation sites excluding steroid dienone is 1. The molecule has 1 aromatic carbocycles. The van der Waals surface area contributed by atoms with Crippen molar-refractivity contribution in [3.05, 3.63) is 39.5 Å². The number of rotatable bonds is 10. The Morgan fingerprint density at radius 1 is 1.14 bits per heavy atom. The number of hydrogen-bond donors (Lipinski definition) is 0. The third kappa shape index (κ3) is 8.17. The van der Waals surface area contributed by atoms with E-state index < -0.39 is 8.32 Å². The van der Waals surface area contributed by atoms with Gasteiger partial charge in [0.1, 0.15) is 5.75 Å². The average Bonchev–Trinajstić information content (AvgIpc) is 2.58. The van der Waals surface area contributed by atoms with Crippen LogP contribution in [0.1, 0.15) is 47.1 Å². The van der Waals surface area contributed by atoms with Crippen molar-refractivity contribution >= 4 is 30.9 Å². The van der Waals surface area contributed by atoms with Crippen molar-refractivity contribution in [2.24, 2.45) is 11.8 Å². The quantitative estimate of drug-likeness (QED) is 0.242. The maximum absolute atomic E-state index is 6.85. The molecule has 0 aliphatic rings. The minimum absolute atomic E-state index is 0.154. The molecule has 0 aliphatic carbocycles. The first kappa shape index (κ1) is 25.7. The van der Waals surface area contributed by atoms with Crippen LogP contribution in [-0.4, -0.2) is 28.1 Å². The SMILES string of the molecule is COc1ccc(COC[C@H](C)[C@H](O[Si](C)(C)C(C)(C)C)[C@@H](C)/C=C(/C)I)cc1. The lowest BCUT2D eigenvalue weighted by atomic mass is 9.94. The molecule has 0 heterocycles. The minimum Gasteiger partial charge on any atom is -0.497 e. The molecule has 0 fully saturated rings. The molecule has 0 aromatic heterocycles. The van der Waals surface area contributed by atoms with Crippen LogP contribution in [0.4, 0.5) is 0 Å². The standard InChI is InChI=1S/C23H39IO3Si/c1-17(14-19(3)24)22(27-28(8,9)23(4,5)6)18(2)15-26-16-20-10-12-21(25-7)13-11-20/h10-14,17-18,22H,15-16H2,1-9H3/b19-14-/t17-,18-,22+/m0/s1. The second-order valence-corrected chi connectivity index (χ2v) is 15.8. The molecular formula is C23H39IO3Si. The molecule has 0 saturated carbocycles. The Morgan fingerprint density at radius 3 is 2.18 bits per heavy atom. The van der Waals surface area contributed by atoms with Gasteiger partial charge in [0.2, 0.25) is 0 Å². The zero-order valence-electron chi connectivity index (χ0n) is 19.1. The van der Waals surface area contributed by atoms with Gasteiger partial charge in [-0.05, 0) is 68.9 Å². The maximum Gasteiger partial charge on any atom is 0.192 e. The highest BCUT2D eigenvalue weighted by Gasteiger charge is 2.41. The maximum atomic E-state index is 6.85. The van der Waals surface area contributed by atoms with Crippen LogP contribution in [0.2, 0.25) is 18.1 Å². The Bertz CT molecular complexity index is 616. The van der Waals surface area contributed by atoms with E-state index in [4.69, 9.17) is 13.9 Å². The number of ether oxygens (including phenoxy) is 2. The third-order valence-corrected chi connectivity index (χ3v) is 10.5. The number of halogens is 1. The fourth-order valence-corrected chi connectivity index (χ4v) is 4.94. The van der Waals surface area contributed by atoms with E-state index in [1.807, 2.05) is 12.1 Å². The van der Waals surface area contributed by atoms with Crippen molar-refractivity contribution in [3.8, 4) is 5.75 Å². The number of hydrogen-bond acceptors (Lipinski definition) is 3. The summed E-state index contributed by atoms with van der Waals surface area (Å²) in [4.78, 5) is 0. The van der Waals surface area contributed by atoms with E-state index in [-0.39, 0.29) is 11.1 Å². The monoisotopic (exact) mass is 518 g/mol. The highest BCUT2D eigenvalue weighted by molar-refractivity contribution is 14.1. The minimum atomic E-state index is -1.86. The molecule has 1 aromatic rings. The molecule has 0 aliphatic heterocycles. The van der Waals surface area contributed by atoms with E-state index in [2.05, 4.69) is 95.4 Å². The van der Waals surface area contributed by atoms with Crippen LogP contribution in [0.3, 0.4) is 0 Å². The average molecular weight is 519 g/mol. The van der Waals surface area contributed by atoms with Gasteiger partial charge in [-0.25, -0.2) is 0 Å². The van der Waals surface area contributed by atoms with Crippen LogP contribution in [0, 0.1) is 11.8 Å². The van der Waals surface area contributed by atoms with Crippen molar-refractivity contribution in [1.82, 2.24) is 0 Å². The van der Waals surface area contributed by atoms with Gasteiger partial charge in [-0.2, -0.15) is 0 Å². The summed E-state index contributed by atoms with van der Waals surface area (Å²) in [5.41, 5.74) is 1.16. The van der Waals surface area contributed by atoms with Gasteiger partial charge in [0, 0.05) is 11.8 Å². The lowest BCUT2D eigenvalue weighted by Gasteiger charge is -2.42. The summed E-state index contributed by atoms with van der Waals surface area (Å²) >= 11 is 2.39. The van der Waals surface area contributed by atoms with E-state index in [1.165, 1.54) is 3.58 Å². The van der Waals surface area contributed by atoms with E-state index in [0.29, 0.717) is 25.0 Å². The van der Waals surface area contributed by atoms with Crippen molar-refractivity contribution in [2.45, 2.75) is 72.4 Å². The summed E-state index contributed by atoms with van der Waals surface area (Å²) in [7, 11) is -0.176. The Morgan fingerprint density at radius 2 is 1.71 bits per heavy atom. The van der Waals surface area contributed by atoms with Gasteiger partial charge in [-0.15, -0.1) is 0 Å². The molecule has 1 rings (SSSR count). The largest absolute Gasteiger partial charge is 0.497 e. The molecule has 28 heavy (non-hydrogen) atoms. The Hall–Kier alpha value is -0.373. The summed E-state index contributed by atoms with van der Waals surface area (Å²) in [6.07, 6.45) is 2.47. The van der Waals surface area contributed by atoms with Gasteiger partial charge in [0.05, 0.1) is 26.4 Å². The van der Waals surface area contributed by atoms with Gasteiger partial charge < -0.3 is 13.9 Å². The Kier molecular flexibility index (Phi) is 10.2. The first-order chi connectivity index (χ1) is 12.9. The van der Waals surface area contributed by atoms with Gasteiger partial charge in [-0.1, -0.05) is 52.8 Å². The molecule has 0 spiro atoms. The van der Waals surface area contributed by atoms with E-state index in [0.717, 1.165) is 11.3 Å². The highest BCUT2D eigenvalue weighted by Crippen LogP contribution is 2.39. The number of methoxy groups -OCH3 is 1. The fourth-order valence-electron chi connectivity index (χ4n) is 2.90. The van der Waals surface area contributed by atoms with Crippen LogP contribution in [-0.2, 0) is 15.8 Å². The number of benzene rings is 1. The highest BCUT2D eigenvalue weighted by atomic mass is 127. The molecule has 0 unspecified atom stereocenters. The summed E-state index contributed by atoms with van der Waals surface area (Å²) < 4.78 is 19.4. The molecule has 0 radical (unpaired) electrons. The smallest absolute Gasteiger partial charge is 0.192 e. The van der Waals surface area contributed by atoms with E-state index in [9.17, 15) is 0 Å². The van der Waals surface area contributed by atoms with Crippen LogP contribution < -0.4 is 4.74 Å². The Labute approximate surface area is 187 Å². The van der Waals surface area contributed by atoms with Crippen molar-refractivity contribution in [2.75, 3.05) is 13.7 Å². The van der Waals surface area contributed by atoms with E-state index >= 15 is 0 Å². The molecule has 0 bridgehead atoms. The fraction of sp³-hybridized carbons (Fsp3) is 0.652. The molecule has 0 amide bonds. The molecular weight excluding hydrogens is 479 g/mol. The van der Waals surface area contributed by atoms with Gasteiger partial charge >= 0.3 is 0 Å². The summed E-state index contributed by atoms with van der Waals surface area (Å²) in [6, 6.07) is 8.05. The summed E-state index contributed by atoms with van der Waals surface area (Å²) in [5, 5.41) is 0.192. The van der Waals surface area contributed by atoms with E-state index in [1.54, 1.807) is 7.11 Å². The van der Waals surface area contributed by atoms with Crippen LogP contribution in [0.5, 0.6) is 5.75 Å². The zero-order valence-corrected chi connectivity index (χ0v) is 22.3. The first-order valence-electron chi connectivity index (χ1n) is 10.1. The molecule has 0 saturated heterocycles. The normalized spacial score (nSPS) is 16.6. The molecule has 0 N–H and O–H groups in total. The Balaban J connectivity index is 2.80. The predicted octanol–water partition coefficient (Wildman–Crippen LogP) is 7.21. The lowest BCUT2D eigenvalue weighted by Crippen LogP contribution is -2.47.